The molecular formula is C16H14BrFO3. The summed E-state index contributed by atoms with van der Waals surface area (Å²) in [6, 6.07) is 7.62. The number of carbonyl (C=O) groups excluding carboxylic acids is 1. The van der Waals surface area contributed by atoms with E-state index in [2.05, 4.69) is 15.9 Å². The van der Waals surface area contributed by atoms with Gasteiger partial charge in [-0.1, -0.05) is 15.9 Å². The van der Waals surface area contributed by atoms with Crippen LogP contribution in [0.2, 0.25) is 0 Å². The lowest BCUT2D eigenvalue weighted by molar-refractivity contribution is 0.103. The Hall–Kier alpha value is -1.88. The molecule has 21 heavy (non-hydrogen) atoms. The van der Waals surface area contributed by atoms with Crippen molar-refractivity contribution in [2.45, 2.75) is 6.92 Å². The van der Waals surface area contributed by atoms with Crippen molar-refractivity contribution < 1.29 is 18.7 Å². The van der Waals surface area contributed by atoms with Crippen LogP contribution in [0.15, 0.2) is 34.8 Å². The van der Waals surface area contributed by atoms with Crippen LogP contribution in [-0.2, 0) is 0 Å². The van der Waals surface area contributed by atoms with Crippen molar-refractivity contribution in [2.75, 3.05) is 14.2 Å². The van der Waals surface area contributed by atoms with Crippen molar-refractivity contribution in [3.05, 3.63) is 57.3 Å². The lowest BCUT2D eigenvalue weighted by atomic mass is 9.98. The van der Waals surface area contributed by atoms with Gasteiger partial charge in [-0.25, -0.2) is 4.39 Å². The number of carbonyl (C=O) groups is 1. The summed E-state index contributed by atoms with van der Waals surface area (Å²) in [4.78, 5) is 12.5. The molecule has 0 unspecified atom stereocenters. The first-order valence-corrected chi connectivity index (χ1v) is 6.99. The average molecular weight is 353 g/mol. The van der Waals surface area contributed by atoms with Gasteiger partial charge in [0.15, 0.2) is 17.3 Å². The van der Waals surface area contributed by atoms with Crippen molar-refractivity contribution in [1.29, 1.82) is 0 Å². The van der Waals surface area contributed by atoms with Crippen LogP contribution in [0.3, 0.4) is 0 Å². The summed E-state index contributed by atoms with van der Waals surface area (Å²) in [6.07, 6.45) is 0. The molecule has 0 radical (unpaired) electrons. The minimum absolute atomic E-state index is 0.0218. The molecule has 3 nitrogen and oxygen atoms in total. The van der Waals surface area contributed by atoms with Crippen LogP contribution in [0.1, 0.15) is 21.5 Å². The zero-order valence-corrected chi connectivity index (χ0v) is 13.5. The monoisotopic (exact) mass is 352 g/mol. The lowest BCUT2D eigenvalue weighted by Gasteiger charge is -2.12. The predicted octanol–water partition coefficient (Wildman–Crippen LogP) is 4.14. The summed E-state index contributed by atoms with van der Waals surface area (Å²) >= 11 is 3.17. The highest BCUT2D eigenvalue weighted by Crippen LogP contribution is 2.31. The fourth-order valence-corrected chi connectivity index (χ4v) is 2.38. The van der Waals surface area contributed by atoms with Gasteiger partial charge in [-0.15, -0.1) is 0 Å². The Morgan fingerprint density at radius 3 is 2.24 bits per heavy atom. The molecule has 2 aromatic rings. The molecule has 0 amide bonds. The van der Waals surface area contributed by atoms with Gasteiger partial charge in [-0.3, -0.25) is 4.79 Å². The summed E-state index contributed by atoms with van der Waals surface area (Å²) in [5.74, 6) is 0.00816. The first kappa shape index (κ1) is 15.5. The minimum atomic E-state index is -0.566. The Bertz CT molecular complexity index is 698. The number of hydrogen-bond acceptors (Lipinski definition) is 3. The maximum Gasteiger partial charge on any atom is 0.196 e. The van der Waals surface area contributed by atoms with Gasteiger partial charge in [0.2, 0.25) is 0 Å². The summed E-state index contributed by atoms with van der Waals surface area (Å²) in [5.41, 5.74) is 1.10. The number of methoxy groups -OCH3 is 2. The van der Waals surface area contributed by atoms with Crippen LogP contribution in [0, 0.1) is 12.7 Å². The number of aryl methyl sites for hydroxylation is 1. The van der Waals surface area contributed by atoms with Crippen LogP contribution in [0.4, 0.5) is 4.39 Å². The standard InChI is InChI=1S/C16H14BrFO3/c1-9-6-14(20-2)15(21-3)8-12(9)16(19)11-5-4-10(17)7-13(11)18/h4-8H,1-3H3. The number of ether oxygens (including phenoxy) is 2. The molecular weight excluding hydrogens is 339 g/mol. The maximum absolute atomic E-state index is 13.9. The molecule has 0 N–H and O–H groups in total. The normalized spacial score (nSPS) is 10.3. The maximum atomic E-state index is 13.9. The van der Waals surface area contributed by atoms with Gasteiger partial charge in [0.05, 0.1) is 19.8 Å². The molecule has 2 aromatic carbocycles. The quantitative estimate of drug-likeness (QED) is 0.775. The molecule has 0 fully saturated rings. The third-order valence-electron chi connectivity index (χ3n) is 3.15. The van der Waals surface area contributed by atoms with E-state index in [0.29, 0.717) is 27.1 Å². The highest BCUT2D eigenvalue weighted by atomic mass is 79.9. The average Bonchev–Trinajstić information content (AvgIpc) is 2.46. The second kappa shape index (κ2) is 6.26. The number of rotatable bonds is 4. The highest BCUT2D eigenvalue weighted by molar-refractivity contribution is 9.10. The molecule has 0 aliphatic carbocycles. The van der Waals surface area contributed by atoms with Crippen molar-refractivity contribution >= 4 is 21.7 Å². The zero-order valence-electron chi connectivity index (χ0n) is 11.9. The molecule has 2 rings (SSSR count). The first-order valence-electron chi connectivity index (χ1n) is 6.20. The first-order chi connectivity index (χ1) is 9.97. The van der Waals surface area contributed by atoms with Crippen molar-refractivity contribution in [3.8, 4) is 11.5 Å². The third kappa shape index (κ3) is 3.08. The predicted molar refractivity (Wildman–Crippen MR) is 81.8 cm³/mol. The molecule has 0 aliphatic rings. The van der Waals surface area contributed by atoms with E-state index in [1.807, 2.05) is 0 Å². The van der Waals surface area contributed by atoms with Gasteiger partial charge in [0.1, 0.15) is 5.82 Å². The summed E-state index contributed by atoms with van der Waals surface area (Å²) < 4.78 is 24.9. The van der Waals surface area contributed by atoms with Crippen LogP contribution in [0.5, 0.6) is 11.5 Å². The molecule has 0 saturated carbocycles. The van der Waals surface area contributed by atoms with Gasteiger partial charge in [0, 0.05) is 10.0 Å². The van der Waals surface area contributed by atoms with E-state index in [4.69, 9.17) is 9.47 Å². The van der Waals surface area contributed by atoms with Crippen molar-refractivity contribution in [3.63, 3.8) is 0 Å². The van der Waals surface area contributed by atoms with Crippen LogP contribution >= 0.6 is 15.9 Å². The van der Waals surface area contributed by atoms with E-state index in [9.17, 15) is 9.18 Å². The van der Waals surface area contributed by atoms with E-state index in [0.717, 1.165) is 0 Å². The topological polar surface area (TPSA) is 35.5 Å². The number of ketones is 1. The molecule has 0 aliphatic heterocycles. The number of halogens is 2. The minimum Gasteiger partial charge on any atom is -0.493 e. The highest BCUT2D eigenvalue weighted by Gasteiger charge is 2.19. The molecule has 0 spiro atoms. The largest absolute Gasteiger partial charge is 0.493 e. The van der Waals surface area contributed by atoms with E-state index in [1.54, 1.807) is 25.1 Å². The van der Waals surface area contributed by atoms with Gasteiger partial charge in [-0.05, 0) is 42.8 Å². The van der Waals surface area contributed by atoms with E-state index >= 15 is 0 Å². The fraction of sp³-hybridized carbons (Fsp3) is 0.188. The Morgan fingerprint density at radius 1 is 1.05 bits per heavy atom. The van der Waals surface area contributed by atoms with E-state index in [1.165, 1.54) is 26.4 Å². The number of benzene rings is 2. The second-order valence-corrected chi connectivity index (χ2v) is 5.39. The molecule has 0 atom stereocenters. The third-order valence-corrected chi connectivity index (χ3v) is 3.64. The zero-order chi connectivity index (χ0) is 15.6. The second-order valence-electron chi connectivity index (χ2n) is 4.48. The molecule has 0 heterocycles. The summed E-state index contributed by atoms with van der Waals surface area (Å²) in [5, 5.41) is 0. The van der Waals surface area contributed by atoms with Gasteiger partial charge < -0.3 is 9.47 Å². The van der Waals surface area contributed by atoms with E-state index in [-0.39, 0.29) is 5.56 Å². The van der Waals surface area contributed by atoms with Gasteiger partial charge in [0.25, 0.3) is 0 Å². The SMILES string of the molecule is COc1cc(C)c(C(=O)c2ccc(Br)cc2F)cc1OC. The fourth-order valence-electron chi connectivity index (χ4n) is 2.04. The lowest BCUT2D eigenvalue weighted by Crippen LogP contribution is -2.07. The molecule has 0 bridgehead atoms. The molecule has 0 aromatic heterocycles. The summed E-state index contributed by atoms with van der Waals surface area (Å²) in [6.45, 7) is 1.77. The molecule has 110 valence electrons. The van der Waals surface area contributed by atoms with E-state index < -0.39 is 11.6 Å². The van der Waals surface area contributed by atoms with Crippen molar-refractivity contribution in [2.24, 2.45) is 0 Å². The van der Waals surface area contributed by atoms with Crippen LogP contribution in [0.25, 0.3) is 0 Å². The molecule has 0 saturated heterocycles. The van der Waals surface area contributed by atoms with Crippen LogP contribution in [-0.4, -0.2) is 20.0 Å². The Kier molecular flexibility index (Phi) is 4.63. The van der Waals surface area contributed by atoms with Crippen molar-refractivity contribution in [1.82, 2.24) is 0 Å². The Balaban J connectivity index is 2.53. The Morgan fingerprint density at radius 2 is 1.67 bits per heavy atom. The van der Waals surface area contributed by atoms with Crippen LogP contribution < -0.4 is 9.47 Å². The molecule has 5 heteroatoms. The Labute approximate surface area is 130 Å². The van der Waals surface area contributed by atoms with Gasteiger partial charge in [-0.2, -0.15) is 0 Å². The smallest absolute Gasteiger partial charge is 0.196 e. The number of hydrogen-bond donors (Lipinski definition) is 0. The summed E-state index contributed by atoms with van der Waals surface area (Å²) in [7, 11) is 3.01. The van der Waals surface area contributed by atoms with Gasteiger partial charge >= 0.3 is 0 Å².